The van der Waals surface area contributed by atoms with Gasteiger partial charge in [0.05, 0.1) is 12.7 Å². The van der Waals surface area contributed by atoms with E-state index < -0.39 is 36.2 Å². The van der Waals surface area contributed by atoms with E-state index in [4.69, 9.17) is 30.5 Å². The Morgan fingerprint density at radius 2 is 1.89 bits per heavy atom. The molecule has 0 aromatic heterocycles. The number of aliphatic hydroxyl groups excluding tert-OH is 3. The Morgan fingerprint density at radius 1 is 1.17 bits per heavy atom. The van der Waals surface area contributed by atoms with Crippen molar-refractivity contribution < 1.29 is 39.1 Å². The van der Waals surface area contributed by atoms with Crippen molar-refractivity contribution in [2.45, 2.75) is 76.2 Å². The van der Waals surface area contributed by atoms with Crippen LogP contribution < -0.4 is 4.74 Å². The number of benzene rings is 2. The number of carbonyl (C=O) groups excluding carboxylic acids is 1. The Kier molecular flexibility index (Phi) is 8.12. The minimum absolute atomic E-state index is 0.333. The molecule has 2 aliphatic rings. The van der Waals surface area contributed by atoms with Gasteiger partial charge in [-0.25, -0.2) is 4.79 Å². The summed E-state index contributed by atoms with van der Waals surface area (Å²) in [5, 5.41) is 32.9. The fourth-order valence-corrected chi connectivity index (χ4v) is 5.22. The number of carbonyl (C=O) groups is 1. The van der Waals surface area contributed by atoms with E-state index in [-0.39, 0.29) is 12.7 Å². The molecule has 3 N–H and O–H groups in total. The normalized spacial score (nSPS) is 27.2. The largest absolute Gasteiger partial charge is 0.508 e. The average Bonchev–Trinajstić information content (AvgIpc) is 3.18. The maximum Gasteiger partial charge on any atom is 0.508 e. The predicted octanol–water partition coefficient (Wildman–Crippen LogP) is 3.51. The molecule has 9 heteroatoms. The van der Waals surface area contributed by atoms with Crippen molar-refractivity contribution in [3.05, 3.63) is 63.7 Å². The molecule has 1 aliphatic heterocycles. The van der Waals surface area contributed by atoms with Crippen LogP contribution in [0.25, 0.3) is 0 Å². The minimum atomic E-state index is -1.50. The summed E-state index contributed by atoms with van der Waals surface area (Å²) in [6.45, 7) is 5.56. The molecule has 0 saturated carbocycles. The highest BCUT2D eigenvalue weighted by molar-refractivity contribution is 6.31. The Balaban J connectivity index is 1.59. The molecule has 196 valence electrons. The highest BCUT2D eigenvalue weighted by atomic mass is 35.5. The van der Waals surface area contributed by atoms with E-state index in [2.05, 4.69) is 0 Å². The van der Waals surface area contributed by atoms with E-state index in [1.54, 1.807) is 13.8 Å². The molecule has 1 aliphatic carbocycles. The quantitative estimate of drug-likeness (QED) is 0.475. The summed E-state index contributed by atoms with van der Waals surface area (Å²) in [6.07, 6.45) is -5.15. The third-order valence-electron chi connectivity index (χ3n) is 6.71. The van der Waals surface area contributed by atoms with Gasteiger partial charge in [-0.2, -0.15) is 0 Å². The second-order valence-corrected chi connectivity index (χ2v) is 9.96. The zero-order chi connectivity index (χ0) is 26.0. The summed E-state index contributed by atoms with van der Waals surface area (Å²) < 4.78 is 21.8. The summed E-state index contributed by atoms with van der Waals surface area (Å²) in [7, 11) is 0. The van der Waals surface area contributed by atoms with Gasteiger partial charge in [0.1, 0.15) is 42.4 Å². The Hall–Kier alpha value is -2.36. The van der Waals surface area contributed by atoms with Crippen LogP contribution in [0.2, 0.25) is 5.02 Å². The zero-order valence-corrected chi connectivity index (χ0v) is 21.4. The molecule has 0 amide bonds. The van der Waals surface area contributed by atoms with Crippen LogP contribution in [0.1, 0.15) is 49.4 Å². The Bertz CT molecular complexity index is 1070. The van der Waals surface area contributed by atoms with Crippen LogP contribution in [0.3, 0.4) is 0 Å². The molecule has 2 aromatic carbocycles. The molecule has 8 nitrogen and oxygen atoms in total. The highest BCUT2D eigenvalue weighted by Crippen LogP contribution is 2.49. The van der Waals surface area contributed by atoms with Gasteiger partial charge >= 0.3 is 6.16 Å². The number of hydrogen-bond acceptors (Lipinski definition) is 8. The first kappa shape index (κ1) is 26.7. The minimum Gasteiger partial charge on any atom is -0.494 e. The van der Waals surface area contributed by atoms with Crippen LogP contribution in [-0.4, -0.2) is 65.2 Å². The van der Waals surface area contributed by atoms with Crippen molar-refractivity contribution in [3.8, 4) is 5.75 Å². The van der Waals surface area contributed by atoms with Gasteiger partial charge in [-0.1, -0.05) is 29.8 Å². The molecule has 0 bridgehead atoms. The molecular weight excluding hydrogens is 488 g/mol. The van der Waals surface area contributed by atoms with Crippen LogP contribution in [0.4, 0.5) is 4.79 Å². The van der Waals surface area contributed by atoms with E-state index in [0.29, 0.717) is 36.5 Å². The van der Waals surface area contributed by atoms with Gasteiger partial charge in [0.2, 0.25) is 0 Å². The Labute approximate surface area is 215 Å². The number of halogens is 1. The van der Waals surface area contributed by atoms with Crippen LogP contribution >= 0.6 is 11.6 Å². The van der Waals surface area contributed by atoms with Crippen molar-refractivity contribution >= 4 is 17.8 Å². The number of aryl methyl sites for hydroxylation is 1. The molecule has 5 atom stereocenters. The van der Waals surface area contributed by atoms with Gasteiger partial charge in [-0.3, -0.25) is 0 Å². The molecule has 4 rings (SSSR count). The monoisotopic (exact) mass is 520 g/mol. The number of fused-ring (bicyclic) bond motifs is 2. The van der Waals surface area contributed by atoms with Crippen molar-refractivity contribution in [1.82, 2.24) is 0 Å². The molecule has 0 unspecified atom stereocenters. The molecule has 1 spiro atoms. The first-order valence-electron chi connectivity index (χ1n) is 12.2. The molecule has 0 radical (unpaired) electrons. The van der Waals surface area contributed by atoms with Gasteiger partial charge in [-0.05, 0) is 80.5 Å². The van der Waals surface area contributed by atoms with Gasteiger partial charge in [0.15, 0.2) is 0 Å². The summed E-state index contributed by atoms with van der Waals surface area (Å²) >= 11 is 6.62. The predicted molar refractivity (Wildman–Crippen MR) is 132 cm³/mol. The van der Waals surface area contributed by atoms with Crippen molar-refractivity contribution in [2.24, 2.45) is 0 Å². The third kappa shape index (κ3) is 5.33. The standard InChI is InChI=1S/C27H33ClO8/c1-4-33-19-7-5-16(6-8-19)11-18-12-20-17(13-21(18)28)9-10-27(20)25(31)24(30)23(29)22(36-27)14-34-26(32)35-15(2)3/h5-8,12-13,15,22-25,29-31H,4,9-11,14H2,1-3H3/t22-,23-,24+,25-,27-/m1/s1. The van der Waals surface area contributed by atoms with E-state index >= 15 is 0 Å². The van der Waals surface area contributed by atoms with E-state index in [1.165, 1.54) is 0 Å². The lowest BCUT2D eigenvalue weighted by Crippen LogP contribution is -2.63. The van der Waals surface area contributed by atoms with Gasteiger partial charge in [-0.15, -0.1) is 0 Å². The van der Waals surface area contributed by atoms with Gasteiger partial charge in [0, 0.05) is 5.02 Å². The summed E-state index contributed by atoms with van der Waals surface area (Å²) in [5.41, 5.74) is 2.20. The van der Waals surface area contributed by atoms with Gasteiger partial charge in [0.25, 0.3) is 0 Å². The Morgan fingerprint density at radius 3 is 2.56 bits per heavy atom. The summed E-state index contributed by atoms with van der Waals surface area (Å²) in [5.74, 6) is 0.789. The molecule has 1 saturated heterocycles. The van der Waals surface area contributed by atoms with E-state index in [1.807, 2.05) is 43.3 Å². The fourth-order valence-electron chi connectivity index (χ4n) is 4.97. The fraction of sp³-hybridized carbons (Fsp3) is 0.519. The lowest BCUT2D eigenvalue weighted by Gasteiger charge is -2.47. The highest BCUT2D eigenvalue weighted by Gasteiger charge is 2.57. The summed E-state index contributed by atoms with van der Waals surface area (Å²) in [6, 6.07) is 11.5. The second kappa shape index (κ2) is 10.9. The van der Waals surface area contributed by atoms with Crippen LogP contribution in [0.5, 0.6) is 5.75 Å². The van der Waals surface area contributed by atoms with Crippen LogP contribution in [-0.2, 0) is 32.7 Å². The summed E-state index contributed by atoms with van der Waals surface area (Å²) in [4.78, 5) is 11.9. The SMILES string of the molecule is CCOc1ccc(Cc2cc3c(cc2Cl)CC[C@@]32O[C@H](COC(=O)OC(C)C)[C@@H](O)[C@H](O)[C@H]2O)cc1. The van der Waals surface area contributed by atoms with Crippen LogP contribution in [0, 0.1) is 0 Å². The first-order chi connectivity index (χ1) is 17.1. The number of ether oxygens (including phenoxy) is 4. The lowest BCUT2D eigenvalue weighted by molar-refractivity contribution is -0.279. The second-order valence-electron chi connectivity index (χ2n) is 9.55. The average molecular weight is 521 g/mol. The maximum atomic E-state index is 11.9. The first-order valence-corrected chi connectivity index (χ1v) is 12.6. The maximum absolute atomic E-state index is 11.9. The van der Waals surface area contributed by atoms with Crippen molar-refractivity contribution in [2.75, 3.05) is 13.2 Å². The van der Waals surface area contributed by atoms with Crippen molar-refractivity contribution in [1.29, 1.82) is 0 Å². The van der Waals surface area contributed by atoms with Gasteiger partial charge < -0.3 is 34.3 Å². The topological polar surface area (TPSA) is 115 Å². The number of hydrogen-bond donors (Lipinski definition) is 3. The van der Waals surface area contributed by atoms with Crippen molar-refractivity contribution in [3.63, 3.8) is 0 Å². The number of rotatable bonds is 7. The zero-order valence-electron chi connectivity index (χ0n) is 20.6. The molecular formula is C27H33ClO8. The van der Waals surface area contributed by atoms with Crippen LogP contribution in [0.15, 0.2) is 36.4 Å². The van der Waals surface area contributed by atoms with E-state index in [9.17, 15) is 20.1 Å². The molecule has 36 heavy (non-hydrogen) atoms. The third-order valence-corrected chi connectivity index (χ3v) is 7.07. The number of aliphatic hydroxyl groups is 3. The molecule has 1 fully saturated rings. The smallest absolute Gasteiger partial charge is 0.494 e. The molecule has 1 heterocycles. The van der Waals surface area contributed by atoms with E-state index in [0.717, 1.165) is 22.4 Å². The lowest BCUT2D eigenvalue weighted by atomic mass is 9.80. The molecule has 2 aromatic rings.